The predicted molar refractivity (Wildman–Crippen MR) is 120 cm³/mol. The number of rotatable bonds is 4. The van der Waals surface area contributed by atoms with Crippen molar-refractivity contribution in [3.05, 3.63) is 116 Å². The van der Waals surface area contributed by atoms with Gasteiger partial charge in [0.2, 0.25) is 0 Å². The van der Waals surface area contributed by atoms with Gasteiger partial charge in [0, 0.05) is 35.8 Å². The van der Waals surface area contributed by atoms with Gasteiger partial charge in [-0.2, -0.15) is 0 Å². The number of benzene rings is 2. The maximum atomic E-state index is 12.1. The molecule has 4 N–H and O–H groups in total. The third kappa shape index (κ3) is 3.79. The van der Waals surface area contributed by atoms with Crippen LogP contribution in [0.1, 0.15) is 46.3 Å². The first-order valence-corrected chi connectivity index (χ1v) is 10.6. The Morgan fingerprint density at radius 2 is 0.824 bits per heavy atom. The molecule has 2 heterocycles. The molecule has 5 rings (SSSR count). The standard InChI is InChI=1S/C26H20O8/c27-15-5-1-13(2-6-15)23-25(19-9-17(29)11-21(31)33-19)24(14-3-7-16(28)8-4-14)26(23)20-10-18(30)12-22(32)34-20/h1-12,23-30H. The van der Waals surface area contributed by atoms with Crippen LogP contribution in [0.4, 0.5) is 0 Å². The molecule has 0 unspecified atom stereocenters. The molecule has 1 aliphatic rings. The van der Waals surface area contributed by atoms with Crippen LogP contribution >= 0.6 is 0 Å². The Balaban J connectivity index is 1.74. The summed E-state index contributed by atoms with van der Waals surface area (Å²) in [6.45, 7) is 0. The molecule has 0 bridgehead atoms. The molecule has 2 aromatic carbocycles. The van der Waals surface area contributed by atoms with E-state index < -0.39 is 34.9 Å². The summed E-state index contributed by atoms with van der Waals surface area (Å²) in [6, 6.07) is 17.7. The van der Waals surface area contributed by atoms with Crippen molar-refractivity contribution >= 4 is 0 Å². The van der Waals surface area contributed by atoms with Crippen LogP contribution in [0.2, 0.25) is 0 Å². The number of hydrogen-bond donors (Lipinski definition) is 4. The van der Waals surface area contributed by atoms with Crippen LogP contribution in [0.25, 0.3) is 0 Å². The lowest BCUT2D eigenvalue weighted by Crippen LogP contribution is -2.40. The molecule has 0 aliphatic heterocycles. The summed E-state index contributed by atoms with van der Waals surface area (Å²) in [7, 11) is 0. The number of hydrogen-bond acceptors (Lipinski definition) is 8. The average Bonchev–Trinajstić information content (AvgIpc) is 2.74. The third-order valence-corrected chi connectivity index (χ3v) is 6.31. The van der Waals surface area contributed by atoms with Crippen LogP contribution in [-0.4, -0.2) is 20.4 Å². The molecule has 8 nitrogen and oxygen atoms in total. The second kappa shape index (κ2) is 8.15. The van der Waals surface area contributed by atoms with E-state index in [4.69, 9.17) is 8.83 Å². The Hall–Kier alpha value is -4.46. The van der Waals surface area contributed by atoms with Crippen LogP contribution < -0.4 is 11.3 Å². The largest absolute Gasteiger partial charge is 0.508 e. The molecule has 34 heavy (non-hydrogen) atoms. The fraction of sp³-hybridized carbons (Fsp3) is 0.154. The first kappa shape index (κ1) is 21.4. The van der Waals surface area contributed by atoms with Crippen molar-refractivity contribution in [2.24, 2.45) is 0 Å². The minimum absolute atomic E-state index is 0.0685. The SMILES string of the molecule is O=c1cc(O)cc(C2C(c3ccc(O)cc3)C(c3cc(O)cc(=O)o3)C2c2ccc(O)cc2)o1. The van der Waals surface area contributed by atoms with E-state index in [1.807, 2.05) is 0 Å². The molecular formula is C26H20O8. The van der Waals surface area contributed by atoms with Crippen molar-refractivity contribution in [1.82, 2.24) is 0 Å². The van der Waals surface area contributed by atoms with Gasteiger partial charge in [0.1, 0.15) is 34.5 Å². The van der Waals surface area contributed by atoms with Crippen LogP contribution in [0.3, 0.4) is 0 Å². The average molecular weight is 460 g/mol. The topological polar surface area (TPSA) is 141 Å². The highest BCUT2D eigenvalue weighted by molar-refractivity contribution is 5.47. The lowest BCUT2D eigenvalue weighted by Gasteiger charge is -2.51. The van der Waals surface area contributed by atoms with Crippen molar-refractivity contribution in [2.45, 2.75) is 23.7 Å². The van der Waals surface area contributed by atoms with E-state index in [-0.39, 0.29) is 34.5 Å². The molecule has 0 spiro atoms. The van der Waals surface area contributed by atoms with Gasteiger partial charge in [0.05, 0.1) is 12.1 Å². The van der Waals surface area contributed by atoms with Gasteiger partial charge in [-0.3, -0.25) is 0 Å². The Morgan fingerprint density at radius 1 is 0.471 bits per heavy atom. The lowest BCUT2D eigenvalue weighted by atomic mass is 9.51. The van der Waals surface area contributed by atoms with E-state index in [9.17, 15) is 30.0 Å². The Labute approximate surface area is 192 Å². The number of aromatic hydroxyl groups is 4. The molecule has 0 radical (unpaired) electrons. The molecule has 0 atom stereocenters. The summed E-state index contributed by atoms with van der Waals surface area (Å²) in [4.78, 5) is 24.2. The highest BCUT2D eigenvalue weighted by atomic mass is 16.4. The Kier molecular flexibility index (Phi) is 5.13. The normalized spacial score (nSPS) is 21.6. The van der Waals surface area contributed by atoms with E-state index >= 15 is 0 Å². The molecular weight excluding hydrogens is 440 g/mol. The number of phenolic OH excluding ortho intramolecular Hbond substituents is 2. The van der Waals surface area contributed by atoms with Crippen LogP contribution in [0.5, 0.6) is 23.0 Å². The van der Waals surface area contributed by atoms with Gasteiger partial charge in [0.15, 0.2) is 0 Å². The zero-order valence-corrected chi connectivity index (χ0v) is 17.7. The maximum Gasteiger partial charge on any atom is 0.339 e. The minimum atomic E-state index is -0.712. The van der Waals surface area contributed by atoms with Gasteiger partial charge in [-0.15, -0.1) is 0 Å². The van der Waals surface area contributed by atoms with Crippen LogP contribution in [0.15, 0.2) is 91.2 Å². The highest BCUT2D eigenvalue weighted by Crippen LogP contribution is 2.66. The fourth-order valence-corrected chi connectivity index (χ4v) is 4.97. The summed E-state index contributed by atoms with van der Waals surface area (Å²) in [5.41, 5.74) is 0.104. The van der Waals surface area contributed by atoms with Gasteiger partial charge in [-0.05, 0) is 35.4 Å². The van der Waals surface area contributed by atoms with Crippen molar-refractivity contribution in [3.8, 4) is 23.0 Å². The van der Waals surface area contributed by atoms with E-state index in [2.05, 4.69) is 0 Å². The summed E-state index contributed by atoms with van der Waals surface area (Å²) in [5.74, 6) is -1.65. The fourth-order valence-electron chi connectivity index (χ4n) is 4.97. The van der Waals surface area contributed by atoms with Crippen molar-refractivity contribution in [3.63, 3.8) is 0 Å². The Morgan fingerprint density at radius 3 is 1.15 bits per heavy atom. The summed E-state index contributed by atoms with van der Waals surface area (Å²) in [5, 5.41) is 39.7. The second-order valence-corrected chi connectivity index (χ2v) is 8.36. The monoisotopic (exact) mass is 460 g/mol. The van der Waals surface area contributed by atoms with E-state index in [0.717, 1.165) is 23.3 Å². The molecule has 0 saturated heterocycles. The van der Waals surface area contributed by atoms with Gasteiger partial charge in [-0.25, -0.2) is 9.59 Å². The van der Waals surface area contributed by atoms with Gasteiger partial charge in [-0.1, -0.05) is 24.3 Å². The molecule has 8 heteroatoms. The predicted octanol–water partition coefficient (Wildman–Crippen LogP) is 3.86. The van der Waals surface area contributed by atoms with Crippen molar-refractivity contribution < 1.29 is 29.3 Å². The smallest absolute Gasteiger partial charge is 0.339 e. The first-order chi connectivity index (χ1) is 16.3. The van der Waals surface area contributed by atoms with E-state index in [0.29, 0.717) is 0 Å². The zero-order valence-electron chi connectivity index (χ0n) is 17.7. The van der Waals surface area contributed by atoms with Gasteiger partial charge in [0.25, 0.3) is 0 Å². The second-order valence-electron chi connectivity index (χ2n) is 8.36. The van der Waals surface area contributed by atoms with Crippen LogP contribution in [0, 0.1) is 0 Å². The third-order valence-electron chi connectivity index (χ3n) is 6.31. The van der Waals surface area contributed by atoms with Crippen molar-refractivity contribution in [2.75, 3.05) is 0 Å². The quantitative estimate of drug-likeness (QED) is 0.360. The first-order valence-electron chi connectivity index (χ1n) is 10.6. The molecule has 2 aromatic heterocycles. The molecule has 172 valence electrons. The van der Waals surface area contributed by atoms with Gasteiger partial charge < -0.3 is 29.3 Å². The maximum absolute atomic E-state index is 12.1. The van der Waals surface area contributed by atoms with E-state index in [1.54, 1.807) is 24.3 Å². The molecule has 1 aliphatic carbocycles. The number of phenols is 2. The molecule has 4 aromatic rings. The zero-order chi connectivity index (χ0) is 24.0. The molecule has 1 saturated carbocycles. The Bertz CT molecular complexity index is 1330. The van der Waals surface area contributed by atoms with Crippen molar-refractivity contribution in [1.29, 1.82) is 0 Å². The summed E-state index contributed by atoms with van der Waals surface area (Å²) in [6.07, 6.45) is 0. The molecule has 0 amide bonds. The molecule has 1 fully saturated rings. The van der Waals surface area contributed by atoms with E-state index in [1.165, 1.54) is 36.4 Å². The lowest BCUT2D eigenvalue weighted by molar-refractivity contribution is 0.168. The summed E-state index contributed by atoms with van der Waals surface area (Å²) < 4.78 is 11.0. The minimum Gasteiger partial charge on any atom is -0.508 e. The summed E-state index contributed by atoms with van der Waals surface area (Å²) >= 11 is 0. The van der Waals surface area contributed by atoms with Gasteiger partial charge >= 0.3 is 11.3 Å². The highest BCUT2D eigenvalue weighted by Gasteiger charge is 2.55. The van der Waals surface area contributed by atoms with Crippen LogP contribution in [-0.2, 0) is 0 Å².